The van der Waals surface area contributed by atoms with E-state index in [4.69, 9.17) is 4.74 Å². The highest BCUT2D eigenvalue weighted by atomic mass is 19.3. The van der Waals surface area contributed by atoms with Crippen molar-refractivity contribution >= 4 is 22.5 Å². The van der Waals surface area contributed by atoms with Gasteiger partial charge in [0.2, 0.25) is 6.43 Å². The minimum Gasteiger partial charge on any atom is -0.492 e. The maximum absolute atomic E-state index is 14.5. The van der Waals surface area contributed by atoms with Crippen LogP contribution in [0, 0.1) is 11.7 Å². The van der Waals surface area contributed by atoms with Crippen molar-refractivity contribution < 1.29 is 22.7 Å². The van der Waals surface area contributed by atoms with Crippen molar-refractivity contribution in [1.29, 1.82) is 0 Å². The van der Waals surface area contributed by atoms with Crippen LogP contribution < -0.4 is 10.1 Å². The van der Waals surface area contributed by atoms with E-state index in [9.17, 15) is 18.0 Å². The van der Waals surface area contributed by atoms with Crippen LogP contribution in [0.1, 0.15) is 45.6 Å². The van der Waals surface area contributed by atoms with Crippen LogP contribution in [0.25, 0.3) is 16.6 Å². The van der Waals surface area contributed by atoms with E-state index in [1.54, 1.807) is 12.4 Å². The predicted molar refractivity (Wildman–Crippen MR) is 114 cm³/mol. The number of hydrogen-bond donors (Lipinski definition) is 1. The fourth-order valence-corrected chi connectivity index (χ4v) is 4.80. The van der Waals surface area contributed by atoms with Gasteiger partial charge >= 0.3 is 0 Å². The van der Waals surface area contributed by atoms with Crippen molar-refractivity contribution in [2.45, 2.75) is 24.7 Å². The Bertz CT molecular complexity index is 1430. The number of hydrogen-bond acceptors (Lipinski definition) is 4. The number of alkyl halides is 2. The van der Waals surface area contributed by atoms with E-state index in [1.807, 2.05) is 22.6 Å². The molecule has 3 heterocycles. The zero-order valence-corrected chi connectivity index (χ0v) is 17.6. The fraction of sp³-hybridized carbons (Fsp3) is 0.292. The molecule has 9 heteroatoms. The molecule has 168 valence electrons. The lowest BCUT2D eigenvalue weighted by Gasteiger charge is -2.12. The SMILES string of the molecule is CNC(=O)c1cc2c(cc1F)ncc1cnc([C@H]3COc4cc([C@H]5C[C@@H]5C(F)F)ccc43)n12. The highest BCUT2D eigenvalue weighted by Gasteiger charge is 2.45. The molecule has 2 aliphatic rings. The second kappa shape index (κ2) is 7.19. The second-order valence-electron chi connectivity index (χ2n) is 8.54. The van der Waals surface area contributed by atoms with Crippen LogP contribution in [0.3, 0.4) is 0 Å². The van der Waals surface area contributed by atoms with Crippen molar-refractivity contribution in [3.8, 4) is 5.75 Å². The smallest absolute Gasteiger partial charge is 0.254 e. The molecule has 2 aromatic carbocycles. The predicted octanol–water partition coefficient (Wildman–Crippen LogP) is 4.27. The van der Waals surface area contributed by atoms with Gasteiger partial charge in [-0.3, -0.25) is 14.2 Å². The molecule has 1 aliphatic carbocycles. The van der Waals surface area contributed by atoms with E-state index in [0.717, 1.165) is 11.1 Å². The maximum atomic E-state index is 14.5. The monoisotopic (exact) mass is 452 g/mol. The number of amides is 1. The van der Waals surface area contributed by atoms with Gasteiger partial charge in [0.15, 0.2) is 0 Å². The second-order valence-corrected chi connectivity index (χ2v) is 8.54. The third-order valence-corrected chi connectivity index (χ3v) is 6.65. The van der Waals surface area contributed by atoms with E-state index in [2.05, 4.69) is 15.3 Å². The lowest BCUT2D eigenvalue weighted by atomic mass is 9.97. The first-order chi connectivity index (χ1) is 16.0. The number of imidazole rings is 1. The Morgan fingerprint density at radius 3 is 2.79 bits per heavy atom. The van der Waals surface area contributed by atoms with E-state index in [-0.39, 0.29) is 17.4 Å². The summed E-state index contributed by atoms with van der Waals surface area (Å²) in [5.74, 6) is -0.749. The number of fused-ring (bicyclic) bond motifs is 4. The molecule has 3 atom stereocenters. The Balaban J connectivity index is 1.45. The molecular weight excluding hydrogens is 433 g/mol. The summed E-state index contributed by atoms with van der Waals surface area (Å²) >= 11 is 0. The summed E-state index contributed by atoms with van der Waals surface area (Å²) in [7, 11) is 1.44. The number of rotatable bonds is 4. The number of halogens is 3. The molecule has 0 spiro atoms. The van der Waals surface area contributed by atoms with Crippen molar-refractivity contribution in [3.05, 3.63) is 71.1 Å². The number of aromatic nitrogens is 3. The number of nitrogens with one attached hydrogen (secondary N) is 1. The zero-order valence-electron chi connectivity index (χ0n) is 17.6. The molecule has 1 N–H and O–H groups in total. The van der Waals surface area contributed by atoms with Gasteiger partial charge in [-0.25, -0.2) is 18.2 Å². The summed E-state index contributed by atoms with van der Waals surface area (Å²) in [5, 5.41) is 2.45. The molecule has 1 saturated carbocycles. The largest absolute Gasteiger partial charge is 0.492 e. The molecule has 2 aromatic heterocycles. The van der Waals surface area contributed by atoms with Crippen molar-refractivity contribution in [1.82, 2.24) is 19.7 Å². The average Bonchev–Trinajstić information content (AvgIpc) is 3.35. The lowest BCUT2D eigenvalue weighted by molar-refractivity contribution is 0.0959. The van der Waals surface area contributed by atoms with E-state index < -0.39 is 24.1 Å². The molecule has 1 aliphatic heterocycles. The minimum absolute atomic E-state index is 0.0790. The molecular formula is C24H19F3N4O2. The summed E-state index contributed by atoms with van der Waals surface area (Å²) in [4.78, 5) is 21.1. The Hall–Kier alpha value is -3.62. The zero-order chi connectivity index (χ0) is 22.9. The van der Waals surface area contributed by atoms with Crippen LogP contribution in [0.15, 0.2) is 42.7 Å². The molecule has 6 rings (SSSR count). The van der Waals surface area contributed by atoms with Gasteiger partial charge in [0.1, 0.15) is 24.0 Å². The summed E-state index contributed by atoms with van der Waals surface area (Å²) in [6, 6.07) is 8.39. The summed E-state index contributed by atoms with van der Waals surface area (Å²) in [6.07, 6.45) is 1.47. The molecule has 0 radical (unpaired) electrons. The first-order valence-electron chi connectivity index (χ1n) is 10.7. The van der Waals surface area contributed by atoms with Gasteiger partial charge in [0.05, 0.1) is 40.4 Å². The molecule has 4 aromatic rings. The summed E-state index contributed by atoms with van der Waals surface area (Å²) in [6.45, 7) is 0.341. The van der Waals surface area contributed by atoms with E-state index in [0.29, 0.717) is 41.2 Å². The summed E-state index contributed by atoms with van der Waals surface area (Å²) < 4.78 is 48.2. The van der Waals surface area contributed by atoms with Gasteiger partial charge in [-0.1, -0.05) is 12.1 Å². The van der Waals surface area contributed by atoms with Gasteiger partial charge in [-0.2, -0.15) is 0 Å². The molecule has 0 unspecified atom stereocenters. The van der Waals surface area contributed by atoms with Crippen LogP contribution in [0.5, 0.6) is 5.75 Å². The Morgan fingerprint density at radius 1 is 1.21 bits per heavy atom. The van der Waals surface area contributed by atoms with Crippen molar-refractivity contribution in [2.24, 2.45) is 5.92 Å². The highest BCUT2D eigenvalue weighted by Crippen LogP contribution is 2.52. The van der Waals surface area contributed by atoms with Gasteiger partial charge < -0.3 is 10.1 Å². The Kier molecular flexibility index (Phi) is 4.36. The average molecular weight is 452 g/mol. The normalized spacial score (nSPS) is 21.4. The van der Waals surface area contributed by atoms with Crippen LogP contribution >= 0.6 is 0 Å². The molecule has 6 nitrogen and oxygen atoms in total. The number of benzene rings is 2. The topological polar surface area (TPSA) is 68.5 Å². The van der Waals surface area contributed by atoms with Crippen LogP contribution in [-0.4, -0.2) is 40.4 Å². The number of carbonyl (C=O) groups excluding carboxylic acids is 1. The molecule has 1 fully saturated rings. The van der Waals surface area contributed by atoms with Gasteiger partial charge in [0, 0.05) is 24.6 Å². The van der Waals surface area contributed by atoms with E-state index >= 15 is 0 Å². The Morgan fingerprint density at radius 2 is 2.03 bits per heavy atom. The molecule has 0 saturated heterocycles. The lowest BCUT2D eigenvalue weighted by Crippen LogP contribution is -2.19. The molecule has 0 bridgehead atoms. The van der Waals surface area contributed by atoms with E-state index in [1.165, 1.54) is 19.2 Å². The molecule has 1 amide bonds. The first kappa shape index (κ1) is 20.0. The minimum atomic E-state index is -2.31. The van der Waals surface area contributed by atoms with Crippen LogP contribution in [0.2, 0.25) is 0 Å². The standard InChI is InChI=1S/C24H19F3N4O2/c1-28-24(32)16-6-20-19(7-18(16)25)29-8-12-9-30-23(31(12)20)17-10-33-21-4-11(2-3-13(17)21)14-5-15(14)22(26)27/h2-4,6-9,14-15,17,22H,5,10H2,1H3,(H,28,32)/t14-,15+,17+/m1/s1. The number of carbonyl (C=O) groups is 1. The maximum Gasteiger partial charge on any atom is 0.254 e. The van der Waals surface area contributed by atoms with Crippen LogP contribution in [0.4, 0.5) is 13.2 Å². The fourth-order valence-electron chi connectivity index (χ4n) is 4.80. The van der Waals surface area contributed by atoms with Crippen LogP contribution in [-0.2, 0) is 0 Å². The first-order valence-corrected chi connectivity index (χ1v) is 10.7. The molecule has 33 heavy (non-hydrogen) atoms. The summed E-state index contributed by atoms with van der Waals surface area (Å²) in [5.41, 5.74) is 3.36. The van der Waals surface area contributed by atoms with Gasteiger partial charge in [-0.15, -0.1) is 0 Å². The van der Waals surface area contributed by atoms with Gasteiger partial charge in [-0.05, 0) is 30.0 Å². The van der Waals surface area contributed by atoms with Crippen molar-refractivity contribution in [3.63, 3.8) is 0 Å². The van der Waals surface area contributed by atoms with Crippen molar-refractivity contribution in [2.75, 3.05) is 13.7 Å². The third-order valence-electron chi connectivity index (χ3n) is 6.65. The number of nitrogens with zero attached hydrogens (tertiary/aromatic N) is 3. The van der Waals surface area contributed by atoms with Gasteiger partial charge in [0.25, 0.3) is 5.91 Å². The Labute approximate surface area is 186 Å². The highest BCUT2D eigenvalue weighted by molar-refractivity contribution is 5.97. The quantitative estimate of drug-likeness (QED) is 0.502. The number of ether oxygens (including phenoxy) is 1. The third kappa shape index (κ3) is 3.06.